The van der Waals surface area contributed by atoms with Crippen LogP contribution in [0, 0.1) is 0 Å². The average molecular weight is 250 g/mol. The Morgan fingerprint density at radius 3 is 2.56 bits per heavy atom. The molecule has 1 aliphatic rings. The second-order valence-electron chi connectivity index (χ2n) is 4.15. The van der Waals surface area contributed by atoms with Crippen LogP contribution in [0.1, 0.15) is 32.6 Å². The van der Waals surface area contributed by atoms with Gasteiger partial charge in [-0.2, -0.15) is 0 Å². The Balaban J connectivity index is 0.00000225. The van der Waals surface area contributed by atoms with Crippen molar-refractivity contribution in [3.05, 3.63) is 0 Å². The van der Waals surface area contributed by atoms with E-state index in [-0.39, 0.29) is 36.8 Å². The van der Waals surface area contributed by atoms with Crippen molar-refractivity contribution in [2.24, 2.45) is 11.5 Å². The molecule has 0 saturated carbocycles. The molecule has 0 aromatic carbocycles. The van der Waals surface area contributed by atoms with Gasteiger partial charge in [-0.05, 0) is 26.2 Å². The SMILES string of the molecule is CC(N)C1CCCCN1C(=O)CC(N)=O.Cl. The second-order valence-corrected chi connectivity index (χ2v) is 4.15. The summed E-state index contributed by atoms with van der Waals surface area (Å²) in [6.45, 7) is 2.58. The highest BCUT2D eigenvalue weighted by Crippen LogP contribution is 2.19. The molecular weight excluding hydrogens is 230 g/mol. The molecule has 0 aliphatic carbocycles. The zero-order valence-corrected chi connectivity index (χ0v) is 10.3. The first-order valence-corrected chi connectivity index (χ1v) is 5.35. The van der Waals surface area contributed by atoms with E-state index in [0.717, 1.165) is 19.3 Å². The molecule has 6 heteroatoms. The van der Waals surface area contributed by atoms with E-state index < -0.39 is 5.91 Å². The molecule has 1 rings (SSSR count). The van der Waals surface area contributed by atoms with Crippen molar-refractivity contribution < 1.29 is 9.59 Å². The highest BCUT2D eigenvalue weighted by atomic mass is 35.5. The van der Waals surface area contributed by atoms with Gasteiger partial charge in [-0.1, -0.05) is 0 Å². The highest BCUT2D eigenvalue weighted by molar-refractivity contribution is 5.96. The molecule has 0 spiro atoms. The van der Waals surface area contributed by atoms with E-state index in [1.165, 1.54) is 0 Å². The van der Waals surface area contributed by atoms with Gasteiger partial charge in [0.1, 0.15) is 6.42 Å². The molecule has 16 heavy (non-hydrogen) atoms. The Hall–Kier alpha value is -0.810. The molecule has 5 nitrogen and oxygen atoms in total. The van der Waals surface area contributed by atoms with Crippen LogP contribution in [0.25, 0.3) is 0 Å². The molecule has 0 bridgehead atoms. The van der Waals surface area contributed by atoms with Crippen molar-refractivity contribution in [1.29, 1.82) is 0 Å². The Morgan fingerprint density at radius 1 is 1.44 bits per heavy atom. The fourth-order valence-corrected chi connectivity index (χ4v) is 2.06. The monoisotopic (exact) mass is 249 g/mol. The first-order valence-electron chi connectivity index (χ1n) is 5.35. The predicted molar refractivity (Wildman–Crippen MR) is 64.1 cm³/mol. The number of likely N-dealkylation sites (tertiary alicyclic amines) is 1. The van der Waals surface area contributed by atoms with Crippen LogP contribution in [0.5, 0.6) is 0 Å². The number of halogens is 1. The molecule has 0 radical (unpaired) electrons. The van der Waals surface area contributed by atoms with Crippen molar-refractivity contribution in [2.45, 2.75) is 44.7 Å². The van der Waals surface area contributed by atoms with Crippen molar-refractivity contribution in [2.75, 3.05) is 6.54 Å². The maximum Gasteiger partial charge on any atom is 0.232 e. The van der Waals surface area contributed by atoms with E-state index in [1.807, 2.05) is 6.92 Å². The maximum atomic E-state index is 11.7. The number of rotatable bonds is 3. The lowest BCUT2D eigenvalue weighted by atomic mass is 9.96. The van der Waals surface area contributed by atoms with E-state index in [4.69, 9.17) is 11.5 Å². The summed E-state index contributed by atoms with van der Waals surface area (Å²) in [4.78, 5) is 24.1. The molecule has 94 valence electrons. The van der Waals surface area contributed by atoms with Gasteiger partial charge >= 0.3 is 0 Å². The van der Waals surface area contributed by atoms with Gasteiger partial charge in [0.05, 0.1) is 0 Å². The number of hydrogen-bond donors (Lipinski definition) is 2. The number of hydrogen-bond acceptors (Lipinski definition) is 3. The van der Waals surface area contributed by atoms with Gasteiger partial charge in [-0.15, -0.1) is 12.4 Å². The van der Waals surface area contributed by atoms with Crippen molar-refractivity contribution in [3.63, 3.8) is 0 Å². The van der Waals surface area contributed by atoms with Gasteiger partial charge in [-0.3, -0.25) is 9.59 Å². The minimum atomic E-state index is -0.575. The van der Waals surface area contributed by atoms with Crippen LogP contribution in [0.2, 0.25) is 0 Å². The smallest absolute Gasteiger partial charge is 0.232 e. The lowest BCUT2D eigenvalue weighted by molar-refractivity contribution is -0.138. The van der Waals surface area contributed by atoms with Crippen LogP contribution in [-0.2, 0) is 9.59 Å². The van der Waals surface area contributed by atoms with Crippen LogP contribution in [0.15, 0.2) is 0 Å². The lowest BCUT2D eigenvalue weighted by Gasteiger charge is -2.37. The first kappa shape index (κ1) is 15.2. The Labute approximate surface area is 102 Å². The molecule has 0 aromatic rings. The molecule has 2 amide bonds. The summed E-state index contributed by atoms with van der Waals surface area (Å²) in [5.74, 6) is -0.765. The highest BCUT2D eigenvalue weighted by Gasteiger charge is 2.29. The van der Waals surface area contributed by atoms with Gasteiger partial charge in [0.25, 0.3) is 0 Å². The zero-order chi connectivity index (χ0) is 11.4. The number of nitrogens with zero attached hydrogens (tertiary/aromatic N) is 1. The summed E-state index contributed by atoms with van der Waals surface area (Å²) in [7, 11) is 0. The third-order valence-corrected chi connectivity index (χ3v) is 2.80. The molecule has 1 fully saturated rings. The van der Waals surface area contributed by atoms with Crippen molar-refractivity contribution >= 4 is 24.2 Å². The maximum absolute atomic E-state index is 11.7. The molecule has 0 aromatic heterocycles. The Bertz CT molecular complexity index is 258. The van der Waals surface area contributed by atoms with Gasteiger partial charge in [0.2, 0.25) is 11.8 Å². The zero-order valence-electron chi connectivity index (χ0n) is 9.52. The van der Waals surface area contributed by atoms with Crippen molar-refractivity contribution in [3.8, 4) is 0 Å². The fraction of sp³-hybridized carbons (Fsp3) is 0.800. The van der Waals surface area contributed by atoms with Crippen LogP contribution >= 0.6 is 12.4 Å². The minimum absolute atomic E-state index is 0. The lowest BCUT2D eigenvalue weighted by Crippen LogP contribution is -2.52. The Kier molecular flexibility index (Phi) is 6.36. The van der Waals surface area contributed by atoms with Crippen LogP contribution < -0.4 is 11.5 Å². The third kappa shape index (κ3) is 3.98. The molecule has 1 aliphatic heterocycles. The summed E-state index contributed by atoms with van der Waals surface area (Å²) in [5, 5.41) is 0. The molecule has 1 saturated heterocycles. The minimum Gasteiger partial charge on any atom is -0.369 e. The number of carbonyl (C=O) groups excluding carboxylic acids is 2. The van der Waals surface area contributed by atoms with Gasteiger partial charge < -0.3 is 16.4 Å². The molecule has 4 N–H and O–H groups in total. The van der Waals surface area contributed by atoms with E-state index in [0.29, 0.717) is 6.54 Å². The number of piperidine rings is 1. The fourth-order valence-electron chi connectivity index (χ4n) is 2.06. The van der Waals surface area contributed by atoms with Crippen LogP contribution in [-0.4, -0.2) is 35.3 Å². The summed E-state index contributed by atoms with van der Waals surface area (Å²) in [5.41, 5.74) is 10.8. The number of amides is 2. The van der Waals surface area contributed by atoms with Gasteiger partial charge in [0, 0.05) is 18.6 Å². The van der Waals surface area contributed by atoms with E-state index in [1.54, 1.807) is 4.90 Å². The standard InChI is InChI=1S/C10H19N3O2.ClH/c1-7(11)8-4-2-3-5-13(8)10(15)6-9(12)14;/h7-8H,2-6,11H2,1H3,(H2,12,14);1H. The topological polar surface area (TPSA) is 89.4 Å². The third-order valence-electron chi connectivity index (χ3n) is 2.80. The van der Waals surface area contributed by atoms with Gasteiger partial charge in [-0.25, -0.2) is 0 Å². The van der Waals surface area contributed by atoms with Crippen LogP contribution in [0.3, 0.4) is 0 Å². The second kappa shape index (κ2) is 6.70. The number of nitrogens with two attached hydrogens (primary N) is 2. The van der Waals surface area contributed by atoms with Crippen molar-refractivity contribution in [1.82, 2.24) is 4.90 Å². The summed E-state index contributed by atoms with van der Waals surface area (Å²) in [6, 6.07) is 0.00715. The average Bonchev–Trinajstić information content (AvgIpc) is 2.16. The number of carbonyl (C=O) groups is 2. The van der Waals surface area contributed by atoms with E-state index in [2.05, 4.69) is 0 Å². The summed E-state index contributed by atoms with van der Waals surface area (Å²) < 4.78 is 0. The van der Waals surface area contributed by atoms with E-state index >= 15 is 0 Å². The largest absolute Gasteiger partial charge is 0.369 e. The first-order chi connectivity index (χ1) is 7.02. The summed E-state index contributed by atoms with van der Waals surface area (Å²) in [6.07, 6.45) is 2.78. The van der Waals surface area contributed by atoms with Crippen LogP contribution in [0.4, 0.5) is 0 Å². The van der Waals surface area contributed by atoms with Gasteiger partial charge in [0.15, 0.2) is 0 Å². The summed E-state index contributed by atoms with van der Waals surface area (Å²) >= 11 is 0. The quantitative estimate of drug-likeness (QED) is 0.691. The molecule has 2 atom stereocenters. The molecule has 1 heterocycles. The normalized spacial score (nSPS) is 22.1. The molecule has 2 unspecified atom stereocenters. The van der Waals surface area contributed by atoms with E-state index in [9.17, 15) is 9.59 Å². The number of primary amides is 1. The predicted octanol–water partition coefficient (Wildman–Crippen LogP) is 0.0119. The Morgan fingerprint density at radius 2 is 2.06 bits per heavy atom. The molecular formula is C10H20ClN3O2.